The lowest BCUT2D eigenvalue weighted by Crippen LogP contribution is -2.54. The number of carbonyl (C=O) groups excluding carboxylic acids is 4. The summed E-state index contributed by atoms with van der Waals surface area (Å²) in [4.78, 5) is 56.6. The number of ketones is 1. The number of rotatable bonds is 11. The van der Waals surface area contributed by atoms with Crippen LogP contribution in [0, 0.1) is 5.92 Å². The van der Waals surface area contributed by atoms with Crippen molar-refractivity contribution >= 4 is 23.6 Å². The Hall–Kier alpha value is -4.14. The number of benzene rings is 3. The number of nitrogens with two attached hydrogens (primary N) is 1. The summed E-state index contributed by atoms with van der Waals surface area (Å²) in [5, 5.41) is 0. The standard InChI is InChI=1S/C33H37N3O5/c1-3-23(2)30(34)32(39)36(21-24-13-6-4-7-14-24)31(38)27-18-12-20-35(27)22-28(37)26-17-10-11-19-29(26)41-33(40)25-15-8-5-9-16-25/h4-11,13-17,19,23,27,30H,3,12,18,20-22,34H2,1-2H3/t23-,27-,30-/m0/s1. The molecule has 0 aromatic heterocycles. The molecule has 3 aromatic rings. The summed E-state index contributed by atoms with van der Waals surface area (Å²) in [6, 6.07) is 23.0. The van der Waals surface area contributed by atoms with E-state index in [0.717, 1.165) is 5.56 Å². The fourth-order valence-electron chi connectivity index (χ4n) is 4.97. The highest BCUT2D eigenvalue weighted by Gasteiger charge is 2.39. The number of esters is 1. The molecule has 1 saturated heterocycles. The van der Waals surface area contributed by atoms with E-state index in [1.54, 1.807) is 59.5 Å². The van der Waals surface area contributed by atoms with Crippen molar-refractivity contribution in [1.29, 1.82) is 0 Å². The van der Waals surface area contributed by atoms with Crippen LogP contribution in [0.1, 0.15) is 59.4 Å². The van der Waals surface area contributed by atoms with Gasteiger partial charge in [0.1, 0.15) is 5.75 Å². The first-order valence-corrected chi connectivity index (χ1v) is 14.1. The van der Waals surface area contributed by atoms with Gasteiger partial charge in [-0.2, -0.15) is 0 Å². The molecule has 0 unspecified atom stereocenters. The first kappa shape index (κ1) is 29.8. The second-order valence-corrected chi connectivity index (χ2v) is 10.5. The molecule has 1 aliphatic rings. The van der Waals surface area contributed by atoms with E-state index in [4.69, 9.17) is 10.5 Å². The van der Waals surface area contributed by atoms with Gasteiger partial charge in [-0.15, -0.1) is 0 Å². The average molecular weight is 556 g/mol. The number of Topliss-reactive ketones (excluding diaryl/α,β-unsaturated/α-hetero) is 1. The van der Waals surface area contributed by atoms with E-state index < -0.39 is 24.0 Å². The Labute approximate surface area is 241 Å². The Bertz CT molecular complexity index is 1360. The van der Waals surface area contributed by atoms with Crippen LogP contribution in [0.15, 0.2) is 84.9 Å². The van der Waals surface area contributed by atoms with E-state index in [1.807, 2.05) is 44.2 Å². The second-order valence-electron chi connectivity index (χ2n) is 10.5. The Morgan fingerprint density at radius 3 is 2.27 bits per heavy atom. The third-order valence-electron chi connectivity index (χ3n) is 7.65. The van der Waals surface area contributed by atoms with Crippen LogP contribution in [0.4, 0.5) is 0 Å². The van der Waals surface area contributed by atoms with Crippen molar-refractivity contribution < 1.29 is 23.9 Å². The Morgan fingerprint density at radius 2 is 1.59 bits per heavy atom. The Morgan fingerprint density at radius 1 is 0.951 bits per heavy atom. The Kier molecular flexibility index (Phi) is 10.2. The van der Waals surface area contributed by atoms with Gasteiger partial charge in [-0.3, -0.25) is 24.2 Å². The van der Waals surface area contributed by atoms with E-state index in [2.05, 4.69) is 0 Å². The number of imide groups is 1. The number of likely N-dealkylation sites (tertiary alicyclic amines) is 1. The molecule has 0 radical (unpaired) electrons. The predicted octanol–water partition coefficient (Wildman–Crippen LogP) is 4.48. The van der Waals surface area contributed by atoms with Crippen LogP contribution in [0.5, 0.6) is 5.75 Å². The van der Waals surface area contributed by atoms with Crippen molar-refractivity contribution in [2.75, 3.05) is 13.1 Å². The highest BCUT2D eigenvalue weighted by atomic mass is 16.5. The van der Waals surface area contributed by atoms with Gasteiger partial charge in [0.15, 0.2) is 5.78 Å². The van der Waals surface area contributed by atoms with Crippen molar-refractivity contribution in [3.05, 3.63) is 102 Å². The normalized spacial score (nSPS) is 16.5. The van der Waals surface area contributed by atoms with E-state index in [0.29, 0.717) is 31.4 Å². The summed E-state index contributed by atoms with van der Waals surface area (Å²) in [6.45, 7) is 4.44. The van der Waals surface area contributed by atoms with Crippen LogP contribution in [0.25, 0.3) is 0 Å². The van der Waals surface area contributed by atoms with Gasteiger partial charge in [0.2, 0.25) is 11.8 Å². The van der Waals surface area contributed by atoms with Gasteiger partial charge in [-0.1, -0.05) is 80.9 Å². The molecule has 2 amide bonds. The molecule has 1 fully saturated rings. The lowest BCUT2D eigenvalue weighted by molar-refractivity contribution is -0.149. The summed E-state index contributed by atoms with van der Waals surface area (Å²) in [5.74, 6) is -1.54. The van der Waals surface area contributed by atoms with Crippen LogP contribution in [-0.4, -0.2) is 58.5 Å². The molecule has 0 saturated carbocycles. The van der Waals surface area contributed by atoms with Gasteiger partial charge < -0.3 is 10.5 Å². The molecule has 0 aliphatic carbocycles. The second kappa shape index (κ2) is 14.0. The van der Waals surface area contributed by atoms with Crippen LogP contribution >= 0.6 is 0 Å². The third-order valence-corrected chi connectivity index (χ3v) is 7.65. The highest BCUT2D eigenvalue weighted by molar-refractivity contribution is 6.03. The summed E-state index contributed by atoms with van der Waals surface area (Å²) < 4.78 is 5.57. The van der Waals surface area contributed by atoms with E-state index in [1.165, 1.54) is 4.90 Å². The zero-order valence-electron chi connectivity index (χ0n) is 23.6. The van der Waals surface area contributed by atoms with Crippen LogP contribution in [0.3, 0.4) is 0 Å². The summed E-state index contributed by atoms with van der Waals surface area (Å²) in [5.41, 5.74) is 7.75. The van der Waals surface area contributed by atoms with Crippen molar-refractivity contribution in [1.82, 2.24) is 9.80 Å². The molecule has 3 atom stereocenters. The molecule has 214 valence electrons. The molecule has 8 heteroatoms. The first-order chi connectivity index (χ1) is 19.8. The summed E-state index contributed by atoms with van der Waals surface area (Å²) in [7, 11) is 0. The van der Waals surface area contributed by atoms with Gasteiger partial charge >= 0.3 is 5.97 Å². The van der Waals surface area contributed by atoms with Crippen LogP contribution in [0.2, 0.25) is 0 Å². The fraction of sp³-hybridized carbons (Fsp3) is 0.333. The molecule has 2 N–H and O–H groups in total. The minimum Gasteiger partial charge on any atom is -0.422 e. The number of amides is 2. The number of hydrogen-bond donors (Lipinski definition) is 1. The lowest BCUT2D eigenvalue weighted by Gasteiger charge is -2.31. The van der Waals surface area contributed by atoms with E-state index >= 15 is 0 Å². The van der Waals surface area contributed by atoms with Crippen molar-refractivity contribution in [3.8, 4) is 5.75 Å². The SMILES string of the molecule is CC[C@H](C)[C@H](N)C(=O)N(Cc1ccccc1)C(=O)[C@@H]1CCCN1CC(=O)c1ccccc1OC(=O)c1ccccc1. The van der Waals surface area contributed by atoms with Gasteiger partial charge in [0, 0.05) is 0 Å². The molecular formula is C33H37N3O5. The van der Waals surface area contributed by atoms with Gasteiger partial charge in [-0.25, -0.2) is 4.79 Å². The van der Waals surface area contributed by atoms with Gasteiger partial charge in [0.05, 0.1) is 36.3 Å². The zero-order valence-corrected chi connectivity index (χ0v) is 23.6. The Balaban J connectivity index is 1.52. The van der Waals surface area contributed by atoms with Crippen molar-refractivity contribution in [2.24, 2.45) is 11.7 Å². The fourth-order valence-corrected chi connectivity index (χ4v) is 4.97. The number of hydrogen-bond acceptors (Lipinski definition) is 7. The van der Waals surface area contributed by atoms with Gasteiger partial charge in [0.25, 0.3) is 0 Å². The van der Waals surface area contributed by atoms with Gasteiger partial charge in [-0.05, 0) is 55.1 Å². The maximum absolute atomic E-state index is 13.9. The maximum atomic E-state index is 13.9. The largest absolute Gasteiger partial charge is 0.422 e. The quantitative estimate of drug-likeness (QED) is 0.211. The third kappa shape index (κ3) is 7.34. The first-order valence-electron chi connectivity index (χ1n) is 14.1. The molecule has 0 spiro atoms. The summed E-state index contributed by atoms with van der Waals surface area (Å²) >= 11 is 0. The zero-order chi connectivity index (χ0) is 29.4. The maximum Gasteiger partial charge on any atom is 0.343 e. The van der Waals surface area contributed by atoms with Crippen LogP contribution < -0.4 is 10.5 Å². The average Bonchev–Trinajstić information content (AvgIpc) is 3.47. The smallest absolute Gasteiger partial charge is 0.343 e. The molecule has 1 heterocycles. The molecule has 8 nitrogen and oxygen atoms in total. The van der Waals surface area contributed by atoms with Crippen molar-refractivity contribution in [3.63, 3.8) is 0 Å². The molecule has 0 bridgehead atoms. The predicted molar refractivity (Wildman–Crippen MR) is 156 cm³/mol. The molecule has 41 heavy (non-hydrogen) atoms. The number of ether oxygens (including phenoxy) is 1. The van der Waals surface area contributed by atoms with E-state index in [9.17, 15) is 19.2 Å². The van der Waals surface area contributed by atoms with E-state index in [-0.39, 0.29) is 42.0 Å². The minimum absolute atomic E-state index is 0.0545. The number of nitrogens with zero attached hydrogens (tertiary/aromatic N) is 2. The minimum atomic E-state index is -0.810. The summed E-state index contributed by atoms with van der Waals surface area (Å²) in [6.07, 6.45) is 1.94. The molecule has 3 aromatic carbocycles. The molecular weight excluding hydrogens is 518 g/mol. The lowest BCUT2D eigenvalue weighted by atomic mass is 9.98. The molecule has 4 rings (SSSR count). The monoisotopic (exact) mass is 555 g/mol. The topological polar surface area (TPSA) is 110 Å². The number of para-hydroxylation sites is 1. The van der Waals surface area contributed by atoms with Crippen molar-refractivity contribution in [2.45, 2.75) is 51.7 Å². The molecule has 1 aliphatic heterocycles. The highest BCUT2D eigenvalue weighted by Crippen LogP contribution is 2.25. The number of carbonyl (C=O) groups is 4. The van der Waals surface area contributed by atoms with Crippen LogP contribution in [-0.2, 0) is 16.1 Å².